The number of benzene rings is 2. The first-order valence-electron chi connectivity index (χ1n) is 9.11. The molecule has 0 aliphatic heterocycles. The molecular formula is C21H31Cl2FN2O. The Morgan fingerprint density at radius 1 is 0.963 bits per heavy atom. The van der Waals surface area contributed by atoms with Crippen LogP contribution in [-0.4, -0.2) is 31.1 Å². The summed E-state index contributed by atoms with van der Waals surface area (Å²) < 4.78 is 18.9. The van der Waals surface area contributed by atoms with E-state index >= 15 is 0 Å². The maximum atomic E-state index is 13.0. The predicted octanol–water partition coefficient (Wildman–Crippen LogP) is 5.07. The second-order valence-electron chi connectivity index (χ2n) is 6.08. The summed E-state index contributed by atoms with van der Waals surface area (Å²) in [6.45, 7) is 9.97. The molecule has 0 heterocycles. The van der Waals surface area contributed by atoms with Crippen molar-refractivity contribution >= 4 is 24.8 Å². The average Bonchev–Trinajstić information content (AvgIpc) is 2.65. The number of rotatable bonds is 11. The smallest absolute Gasteiger partial charge is 0.124 e. The van der Waals surface area contributed by atoms with Gasteiger partial charge in [0, 0.05) is 12.1 Å². The first kappa shape index (κ1) is 25.7. The van der Waals surface area contributed by atoms with Crippen molar-refractivity contribution < 1.29 is 9.13 Å². The van der Waals surface area contributed by atoms with Gasteiger partial charge in [0.2, 0.25) is 0 Å². The summed E-state index contributed by atoms with van der Waals surface area (Å²) >= 11 is 0. The Labute approximate surface area is 175 Å². The fourth-order valence-electron chi connectivity index (χ4n) is 2.72. The van der Waals surface area contributed by atoms with Gasteiger partial charge in [-0.05, 0) is 56.4 Å². The van der Waals surface area contributed by atoms with Gasteiger partial charge < -0.3 is 15.0 Å². The molecule has 0 amide bonds. The highest BCUT2D eigenvalue weighted by atomic mass is 35.5. The van der Waals surface area contributed by atoms with E-state index in [1.165, 1.54) is 12.1 Å². The van der Waals surface area contributed by atoms with Crippen LogP contribution in [0.5, 0.6) is 5.75 Å². The molecule has 0 unspecified atom stereocenters. The molecule has 1 N–H and O–H groups in total. The quantitative estimate of drug-likeness (QED) is 0.517. The number of para-hydroxylation sites is 1. The van der Waals surface area contributed by atoms with Gasteiger partial charge >= 0.3 is 0 Å². The van der Waals surface area contributed by atoms with Gasteiger partial charge in [-0.25, -0.2) is 4.39 Å². The first-order valence-corrected chi connectivity index (χ1v) is 9.11. The maximum Gasteiger partial charge on any atom is 0.124 e. The Morgan fingerprint density at radius 3 is 2.30 bits per heavy atom. The maximum absolute atomic E-state index is 13.0. The van der Waals surface area contributed by atoms with E-state index in [2.05, 4.69) is 30.1 Å². The molecule has 152 valence electrons. The van der Waals surface area contributed by atoms with Crippen molar-refractivity contribution in [3.8, 4) is 5.75 Å². The normalized spacial score (nSPS) is 10.2. The van der Waals surface area contributed by atoms with Gasteiger partial charge in [0.25, 0.3) is 0 Å². The Bertz CT molecular complexity index is 622. The van der Waals surface area contributed by atoms with Gasteiger partial charge in [0.1, 0.15) is 18.2 Å². The van der Waals surface area contributed by atoms with Crippen LogP contribution in [0.1, 0.15) is 31.4 Å². The zero-order valence-electron chi connectivity index (χ0n) is 16.1. The van der Waals surface area contributed by atoms with Crippen molar-refractivity contribution in [1.29, 1.82) is 0 Å². The lowest BCUT2D eigenvalue weighted by Gasteiger charge is -2.18. The van der Waals surface area contributed by atoms with E-state index in [0.29, 0.717) is 6.61 Å². The van der Waals surface area contributed by atoms with Crippen LogP contribution >= 0.6 is 24.8 Å². The second-order valence-corrected chi connectivity index (χ2v) is 6.08. The van der Waals surface area contributed by atoms with Crippen LogP contribution in [0, 0.1) is 5.82 Å². The number of hydrogen-bond acceptors (Lipinski definition) is 3. The van der Waals surface area contributed by atoms with E-state index in [-0.39, 0.29) is 30.6 Å². The summed E-state index contributed by atoms with van der Waals surface area (Å²) in [7, 11) is 0. The number of ether oxygens (including phenoxy) is 1. The van der Waals surface area contributed by atoms with Gasteiger partial charge in [0.05, 0.1) is 0 Å². The highest BCUT2D eigenvalue weighted by molar-refractivity contribution is 5.85. The Balaban J connectivity index is 0.00000338. The molecular weight excluding hydrogens is 386 g/mol. The first-order chi connectivity index (χ1) is 12.2. The minimum absolute atomic E-state index is 0. The standard InChI is InChI=1S/C21H29FN2O.2ClH/c1-3-24(4-2)15-7-14-23-16-19-8-5-6-9-21(19)25-17-18-10-12-20(22)13-11-18;;/h5-6,8-13,23H,3-4,7,14-17H2,1-2H3;2*1H. The van der Waals surface area contributed by atoms with Gasteiger partial charge in [-0.15, -0.1) is 24.8 Å². The molecule has 3 nitrogen and oxygen atoms in total. The van der Waals surface area contributed by atoms with E-state index in [0.717, 1.165) is 56.0 Å². The minimum atomic E-state index is -0.224. The van der Waals surface area contributed by atoms with Crippen LogP contribution in [0.4, 0.5) is 4.39 Å². The lowest BCUT2D eigenvalue weighted by Crippen LogP contribution is -2.27. The van der Waals surface area contributed by atoms with Crippen molar-refractivity contribution in [3.05, 3.63) is 65.5 Å². The van der Waals surface area contributed by atoms with E-state index in [4.69, 9.17) is 4.74 Å². The molecule has 2 aromatic carbocycles. The lowest BCUT2D eigenvalue weighted by molar-refractivity contribution is 0.295. The monoisotopic (exact) mass is 416 g/mol. The van der Waals surface area contributed by atoms with Crippen molar-refractivity contribution in [1.82, 2.24) is 10.2 Å². The zero-order chi connectivity index (χ0) is 17.9. The summed E-state index contributed by atoms with van der Waals surface area (Å²) in [6, 6.07) is 14.5. The van der Waals surface area contributed by atoms with E-state index in [9.17, 15) is 4.39 Å². The SMILES string of the molecule is CCN(CC)CCCNCc1ccccc1OCc1ccc(F)cc1.Cl.Cl. The molecule has 0 saturated heterocycles. The summed E-state index contributed by atoms with van der Waals surface area (Å²) in [5.74, 6) is 0.654. The molecule has 27 heavy (non-hydrogen) atoms. The zero-order valence-corrected chi connectivity index (χ0v) is 17.8. The number of halogens is 3. The molecule has 0 aliphatic carbocycles. The van der Waals surface area contributed by atoms with Crippen LogP contribution in [0.2, 0.25) is 0 Å². The van der Waals surface area contributed by atoms with E-state index in [1.54, 1.807) is 12.1 Å². The molecule has 2 aromatic rings. The van der Waals surface area contributed by atoms with Gasteiger partial charge in [0.15, 0.2) is 0 Å². The van der Waals surface area contributed by atoms with E-state index < -0.39 is 0 Å². The fourth-order valence-corrected chi connectivity index (χ4v) is 2.72. The topological polar surface area (TPSA) is 24.5 Å². The number of nitrogens with zero attached hydrogens (tertiary/aromatic N) is 1. The molecule has 0 spiro atoms. The van der Waals surface area contributed by atoms with Crippen molar-refractivity contribution in [3.63, 3.8) is 0 Å². The molecule has 0 aromatic heterocycles. The van der Waals surface area contributed by atoms with Gasteiger partial charge in [-0.1, -0.05) is 44.2 Å². The van der Waals surface area contributed by atoms with Crippen LogP contribution in [0.25, 0.3) is 0 Å². The fraction of sp³-hybridized carbons (Fsp3) is 0.429. The van der Waals surface area contributed by atoms with Crippen molar-refractivity contribution in [2.75, 3.05) is 26.2 Å². The molecule has 6 heteroatoms. The van der Waals surface area contributed by atoms with Crippen LogP contribution < -0.4 is 10.1 Å². The summed E-state index contributed by atoms with van der Waals surface area (Å²) in [4.78, 5) is 2.43. The molecule has 0 bridgehead atoms. The van der Waals surface area contributed by atoms with Gasteiger partial charge in [-0.2, -0.15) is 0 Å². The Hall–Kier alpha value is -1.33. The highest BCUT2D eigenvalue weighted by Gasteiger charge is 2.04. The highest BCUT2D eigenvalue weighted by Crippen LogP contribution is 2.19. The third-order valence-electron chi connectivity index (χ3n) is 4.32. The van der Waals surface area contributed by atoms with Crippen LogP contribution in [-0.2, 0) is 13.2 Å². The molecule has 0 aliphatic rings. The number of hydrogen-bond donors (Lipinski definition) is 1. The average molecular weight is 417 g/mol. The molecule has 0 radical (unpaired) electrons. The predicted molar refractivity (Wildman–Crippen MR) is 116 cm³/mol. The minimum Gasteiger partial charge on any atom is -0.489 e. The Kier molecular flexibility index (Phi) is 14.0. The van der Waals surface area contributed by atoms with E-state index in [1.807, 2.05) is 18.2 Å². The third kappa shape index (κ3) is 9.43. The Morgan fingerprint density at radius 2 is 1.63 bits per heavy atom. The lowest BCUT2D eigenvalue weighted by atomic mass is 10.2. The molecule has 0 saturated carbocycles. The second kappa shape index (κ2) is 14.7. The largest absolute Gasteiger partial charge is 0.489 e. The molecule has 2 rings (SSSR count). The summed E-state index contributed by atoms with van der Waals surface area (Å²) in [5, 5.41) is 3.50. The number of nitrogens with one attached hydrogen (secondary N) is 1. The summed E-state index contributed by atoms with van der Waals surface area (Å²) in [6.07, 6.45) is 1.14. The molecule has 0 fully saturated rings. The van der Waals surface area contributed by atoms with Crippen molar-refractivity contribution in [2.45, 2.75) is 33.4 Å². The third-order valence-corrected chi connectivity index (χ3v) is 4.32. The van der Waals surface area contributed by atoms with Crippen LogP contribution in [0.15, 0.2) is 48.5 Å². The summed E-state index contributed by atoms with van der Waals surface area (Å²) in [5.41, 5.74) is 2.11. The molecule has 0 atom stereocenters. The van der Waals surface area contributed by atoms with Gasteiger partial charge in [-0.3, -0.25) is 0 Å². The van der Waals surface area contributed by atoms with Crippen molar-refractivity contribution in [2.24, 2.45) is 0 Å². The van der Waals surface area contributed by atoms with Crippen LogP contribution in [0.3, 0.4) is 0 Å².